The molecule has 1 atom stereocenters. The van der Waals surface area contributed by atoms with Crippen molar-refractivity contribution in [2.24, 2.45) is 5.92 Å². The van der Waals surface area contributed by atoms with Gasteiger partial charge in [0.25, 0.3) is 5.69 Å². The van der Waals surface area contributed by atoms with Gasteiger partial charge in [0.05, 0.1) is 21.9 Å². The molecule has 30 heavy (non-hydrogen) atoms. The van der Waals surface area contributed by atoms with Gasteiger partial charge in [-0.25, -0.2) is 0 Å². The first-order valence-electron chi connectivity index (χ1n) is 9.29. The Hall–Kier alpha value is -3.88. The Balaban J connectivity index is 1.93. The minimum Gasteiger partial charge on any atom is -0.871 e. The van der Waals surface area contributed by atoms with Gasteiger partial charge < -0.3 is 19.9 Å². The second-order valence-electron chi connectivity index (χ2n) is 7.18. The highest BCUT2D eigenvalue weighted by Gasteiger charge is 2.26. The van der Waals surface area contributed by atoms with Crippen LogP contribution in [0.1, 0.15) is 31.0 Å². The number of rotatable bonds is 5. The fourth-order valence-corrected chi connectivity index (χ4v) is 3.33. The number of benzene rings is 2. The van der Waals surface area contributed by atoms with Gasteiger partial charge >= 0.3 is 0 Å². The van der Waals surface area contributed by atoms with E-state index in [9.17, 15) is 20.0 Å². The predicted octanol–water partition coefficient (Wildman–Crippen LogP) is 2.81. The van der Waals surface area contributed by atoms with Crippen LogP contribution in [0.5, 0.6) is 17.2 Å². The third-order valence-corrected chi connectivity index (χ3v) is 4.90. The standard InChI is InChI=1S/C21H19N3O6/c1-11(2)21(26)23-18(12-5-6-16-17(8-12)30-10-29-16)14-9-15(24(27)28)13-4-3-7-22-19(13)20(14)25/h3-9,11,18,25H,10H2,1-2H3,(H,23,26)/p-1/t18-/m0/s1. The molecule has 0 unspecified atom stereocenters. The average molecular weight is 408 g/mol. The van der Waals surface area contributed by atoms with Crippen LogP contribution < -0.4 is 19.9 Å². The smallest absolute Gasteiger partial charge is 0.279 e. The van der Waals surface area contributed by atoms with E-state index in [0.29, 0.717) is 17.1 Å². The fraction of sp³-hybridized carbons (Fsp3) is 0.238. The maximum atomic E-state index is 13.2. The molecule has 9 heteroatoms. The second kappa shape index (κ2) is 7.51. The van der Waals surface area contributed by atoms with E-state index in [2.05, 4.69) is 10.3 Å². The summed E-state index contributed by atoms with van der Waals surface area (Å²) in [5.41, 5.74) is 0.319. The molecule has 9 nitrogen and oxygen atoms in total. The number of nitrogens with one attached hydrogen (secondary N) is 1. The van der Waals surface area contributed by atoms with E-state index < -0.39 is 16.7 Å². The summed E-state index contributed by atoms with van der Waals surface area (Å²) in [6.07, 6.45) is 1.40. The van der Waals surface area contributed by atoms with Gasteiger partial charge in [0.1, 0.15) is 0 Å². The Morgan fingerprint density at radius 2 is 1.97 bits per heavy atom. The first kappa shape index (κ1) is 19.4. The molecule has 1 aliphatic heterocycles. The molecular formula is C21H18N3O6-. The Morgan fingerprint density at radius 1 is 1.20 bits per heavy atom. The number of non-ortho nitro benzene ring substituents is 1. The lowest BCUT2D eigenvalue weighted by molar-refractivity contribution is -0.383. The number of ether oxygens (including phenoxy) is 2. The summed E-state index contributed by atoms with van der Waals surface area (Å²) in [5, 5.41) is 27.9. The topological polar surface area (TPSA) is 127 Å². The molecule has 0 radical (unpaired) electrons. The number of amides is 1. The molecular weight excluding hydrogens is 390 g/mol. The van der Waals surface area contributed by atoms with Gasteiger partial charge in [-0.3, -0.25) is 19.9 Å². The Labute approximate surface area is 171 Å². The van der Waals surface area contributed by atoms with Gasteiger partial charge in [-0.15, -0.1) is 0 Å². The monoisotopic (exact) mass is 408 g/mol. The Bertz CT molecular complexity index is 1160. The lowest BCUT2D eigenvalue weighted by Gasteiger charge is -2.26. The first-order chi connectivity index (χ1) is 14.4. The van der Waals surface area contributed by atoms with Crippen molar-refractivity contribution < 1.29 is 24.3 Å². The van der Waals surface area contributed by atoms with Crippen LogP contribution in [0.3, 0.4) is 0 Å². The first-order valence-corrected chi connectivity index (χ1v) is 9.29. The van der Waals surface area contributed by atoms with E-state index >= 15 is 0 Å². The molecule has 0 saturated heterocycles. The third kappa shape index (κ3) is 3.34. The van der Waals surface area contributed by atoms with Gasteiger partial charge in [-0.2, -0.15) is 0 Å². The Kier molecular flexibility index (Phi) is 4.86. The van der Waals surface area contributed by atoms with Crippen molar-refractivity contribution in [3.05, 3.63) is 63.8 Å². The number of nitro benzene ring substituents is 1. The Morgan fingerprint density at radius 3 is 2.70 bits per heavy atom. The highest BCUT2D eigenvalue weighted by atomic mass is 16.7. The SMILES string of the molecule is CC(C)C(=O)N[C@@H](c1ccc2c(c1)OCO2)c1cc([N+](=O)[O-])c2cccnc2c1[O-]. The van der Waals surface area contributed by atoms with Crippen LogP contribution in [0.15, 0.2) is 42.6 Å². The summed E-state index contributed by atoms with van der Waals surface area (Å²) in [6, 6.07) is 8.31. The molecule has 0 saturated carbocycles. The summed E-state index contributed by atoms with van der Waals surface area (Å²) in [5.74, 6) is -0.132. The second-order valence-corrected chi connectivity index (χ2v) is 7.18. The maximum absolute atomic E-state index is 13.2. The molecule has 0 spiro atoms. The van der Waals surface area contributed by atoms with Crippen LogP contribution >= 0.6 is 0 Å². The van der Waals surface area contributed by atoms with Crippen LogP contribution in [0.4, 0.5) is 5.69 Å². The number of carbonyl (C=O) groups is 1. The molecule has 2 aromatic carbocycles. The number of fused-ring (bicyclic) bond motifs is 2. The van der Waals surface area contributed by atoms with Crippen molar-refractivity contribution in [2.75, 3.05) is 6.79 Å². The normalized spacial score (nSPS) is 13.4. The molecule has 1 aliphatic rings. The van der Waals surface area contributed by atoms with Crippen LogP contribution in [-0.2, 0) is 4.79 Å². The lowest BCUT2D eigenvalue weighted by atomic mass is 9.94. The molecule has 3 aromatic rings. The third-order valence-electron chi connectivity index (χ3n) is 4.90. The van der Waals surface area contributed by atoms with Crippen molar-refractivity contribution in [2.45, 2.75) is 19.9 Å². The molecule has 0 bridgehead atoms. The van der Waals surface area contributed by atoms with Gasteiger partial charge in [0, 0.05) is 18.2 Å². The molecule has 0 aliphatic carbocycles. The zero-order chi connectivity index (χ0) is 21.4. The van der Waals surface area contributed by atoms with Crippen LogP contribution in [-0.4, -0.2) is 22.6 Å². The summed E-state index contributed by atoms with van der Waals surface area (Å²) in [4.78, 5) is 27.7. The van der Waals surface area contributed by atoms with E-state index in [-0.39, 0.29) is 40.8 Å². The van der Waals surface area contributed by atoms with E-state index in [1.807, 2.05) is 0 Å². The molecule has 1 amide bonds. The quantitative estimate of drug-likeness (QED) is 0.508. The predicted molar refractivity (Wildman–Crippen MR) is 105 cm³/mol. The van der Waals surface area contributed by atoms with Crippen LogP contribution in [0, 0.1) is 16.0 Å². The van der Waals surface area contributed by atoms with Crippen LogP contribution in [0.2, 0.25) is 0 Å². The maximum Gasteiger partial charge on any atom is 0.279 e. The van der Waals surface area contributed by atoms with Gasteiger partial charge in [-0.1, -0.05) is 25.7 Å². The van der Waals surface area contributed by atoms with Crippen molar-refractivity contribution in [3.8, 4) is 17.2 Å². The van der Waals surface area contributed by atoms with Crippen molar-refractivity contribution in [3.63, 3.8) is 0 Å². The molecule has 1 aromatic heterocycles. The van der Waals surface area contributed by atoms with Crippen molar-refractivity contribution >= 4 is 22.5 Å². The minimum atomic E-state index is -0.924. The van der Waals surface area contributed by atoms with Crippen LogP contribution in [0.25, 0.3) is 10.9 Å². The van der Waals surface area contributed by atoms with E-state index in [1.165, 1.54) is 24.4 Å². The number of carbonyl (C=O) groups excluding carboxylic acids is 1. The molecule has 2 heterocycles. The fourth-order valence-electron chi connectivity index (χ4n) is 3.33. The number of hydrogen-bond donors (Lipinski definition) is 1. The molecule has 0 fully saturated rings. The average Bonchev–Trinajstić information content (AvgIpc) is 3.20. The molecule has 154 valence electrons. The number of pyridine rings is 1. The summed E-state index contributed by atoms with van der Waals surface area (Å²) < 4.78 is 10.7. The minimum absolute atomic E-state index is 0.0220. The highest BCUT2D eigenvalue weighted by molar-refractivity contribution is 5.93. The van der Waals surface area contributed by atoms with Gasteiger partial charge in [0.15, 0.2) is 11.5 Å². The van der Waals surface area contributed by atoms with Crippen molar-refractivity contribution in [1.29, 1.82) is 0 Å². The summed E-state index contributed by atoms with van der Waals surface area (Å²) >= 11 is 0. The zero-order valence-electron chi connectivity index (χ0n) is 16.2. The van der Waals surface area contributed by atoms with E-state index in [0.717, 1.165) is 0 Å². The largest absolute Gasteiger partial charge is 0.871 e. The zero-order valence-corrected chi connectivity index (χ0v) is 16.2. The summed E-state index contributed by atoms with van der Waals surface area (Å²) in [7, 11) is 0. The molecule has 4 rings (SSSR count). The van der Waals surface area contributed by atoms with Gasteiger partial charge in [0.2, 0.25) is 12.7 Å². The van der Waals surface area contributed by atoms with Gasteiger partial charge in [-0.05, 0) is 35.4 Å². The van der Waals surface area contributed by atoms with E-state index in [1.54, 1.807) is 32.0 Å². The number of nitro groups is 1. The van der Waals surface area contributed by atoms with E-state index in [4.69, 9.17) is 9.47 Å². The number of nitrogens with zero attached hydrogens (tertiary/aromatic N) is 2. The number of aromatic nitrogens is 1. The lowest BCUT2D eigenvalue weighted by Crippen LogP contribution is -2.33. The summed E-state index contributed by atoms with van der Waals surface area (Å²) in [6.45, 7) is 3.50. The highest BCUT2D eigenvalue weighted by Crippen LogP contribution is 2.40. The number of hydrogen-bond acceptors (Lipinski definition) is 7. The van der Waals surface area contributed by atoms with Crippen molar-refractivity contribution in [1.82, 2.24) is 10.3 Å². The molecule has 1 N–H and O–H groups in total.